The van der Waals surface area contributed by atoms with Crippen LogP contribution in [0.2, 0.25) is 0 Å². The van der Waals surface area contributed by atoms with Crippen LogP contribution in [0.3, 0.4) is 0 Å². The van der Waals surface area contributed by atoms with Crippen molar-refractivity contribution >= 4 is 28.1 Å². The van der Waals surface area contributed by atoms with Crippen molar-refractivity contribution in [3.05, 3.63) is 33.7 Å². The van der Waals surface area contributed by atoms with E-state index in [1.807, 2.05) is 6.07 Å². The van der Waals surface area contributed by atoms with Crippen LogP contribution < -0.4 is 10.5 Å². The Hall–Kier alpha value is -2.34. The molecule has 3 aromatic rings. The summed E-state index contributed by atoms with van der Waals surface area (Å²) < 4.78 is 16.8. The first kappa shape index (κ1) is 14.0. The molecule has 0 spiro atoms. The van der Waals surface area contributed by atoms with Crippen molar-refractivity contribution in [2.24, 2.45) is 0 Å². The fourth-order valence-corrected chi connectivity index (χ4v) is 3.74. The highest BCUT2D eigenvalue weighted by Gasteiger charge is 2.21. The van der Waals surface area contributed by atoms with Gasteiger partial charge in [-0.3, -0.25) is 0 Å². The summed E-state index contributed by atoms with van der Waals surface area (Å²) in [4.78, 5) is 19.0. The number of fused-ring (bicyclic) bond motifs is 4. The van der Waals surface area contributed by atoms with E-state index in [1.165, 1.54) is 0 Å². The van der Waals surface area contributed by atoms with Crippen LogP contribution in [0.5, 0.6) is 0 Å². The maximum Gasteiger partial charge on any atom is 0.339 e. The zero-order valence-electron chi connectivity index (χ0n) is 13.3. The van der Waals surface area contributed by atoms with Gasteiger partial charge in [0.1, 0.15) is 11.1 Å². The molecule has 6 nitrogen and oxygen atoms in total. The summed E-state index contributed by atoms with van der Waals surface area (Å²) in [5.74, 6) is 0. The minimum absolute atomic E-state index is 0.204. The van der Waals surface area contributed by atoms with Gasteiger partial charge in [-0.25, -0.2) is 4.79 Å². The topological polar surface area (TPSA) is 68.7 Å². The van der Waals surface area contributed by atoms with Crippen LogP contribution >= 0.6 is 0 Å². The molecule has 1 aromatic carbocycles. The zero-order valence-corrected chi connectivity index (χ0v) is 13.3. The molecule has 6 heteroatoms. The number of hydrogen-bond acceptors (Lipinski definition) is 6. The quantitative estimate of drug-likeness (QED) is 0.640. The van der Waals surface area contributed by atoms with Crippen LogP contribution in [-0.4, -0.2) is 31.3 Å². The molecule has 0 bridgehead atoms. The third-order valence-corrected chi connectivity index (χ3v) is 5.00. The van der Waals surface area contributed by atoms with Gasteiger partial charge in [0.15, 0.2) is 5.58 Å². The molecule has 2 aromatic heterocycles. The summed E-state index contributed by atoms with van der Waals surface area (Å²) in [5.41, 5.74) is 3.83. The van der Waals surface area contributed by atoms with Crippen LogP contribution in [0.1, 0.15) is 24.0 Å². The first-order valence-corrected chi connectivity index (χ1v) is 8.51. The largest absolute Gasteiger partial charge is 0.423 e. The van der Waals surface area contributed by atoms with Gasteiger partial charge in [0.2, 0.25) is 0 Å². The van der Waals surface area contributed by atoms with Crippen LogP contribution in [0.15, 0.2) is 25.8 Å². The van der Waals surface area contributed by atoms with Gasteiger partial charge in [-0.15, -0.1) is 0 Å². The van der Waals surface area contributed by atoms with E-state index < -0.39 is 0 Å². The molecule has 0 radical (unpaired) electrons. The summed E-state index contributed by atoms with van der Waals surface area (Å²) in [7, 11) is 0. The van der Waals surface area contributed by atoms with E-state index in [9.17, 15) is 4.79 Å². The van der Waals surface area contributed by atoms with Crippen molar-refractivity contribution in [1.29, 1.82) is 0 Å². The minimum Gasteiger partial charge on any atom is -0.423 e. The zero-order chi connectivity index (χ0) is 16.1. The number of hydrogen-bond donors (Lipinski definition) is 0. The predicted octanol–water partition coefficient (Wildman–Crippen LogP) is 2.65. The molecule has 2 aliphatic rings. The minimum atomic E-state index is -0.204. The monoisotopic (exact) mass is 326 g/mol. The maximum absolute atomic E-state index is 12.2. The molecule has 24 heavy (non-hydrogen) atoms. The fraction of sp³-hybridized carbons (Fsp3) is 0.444. The Balaban J connectivity index is 1.69. The molecule has 3 heterocycles. The number of ether oxygens (including phenoxy) is 1. The lowest BCUT2D eigenvalue weighted by Gasteiger charge is -2.24. The average Bonchev–Trinajstić information content (AvgIpc) is 3.04. The van der Waals surface area contributed by atoms with E-state index in [0.29, 0.717) is 30.4 Å². The van der Waals surface area contributed by atoms with Crippen molar-refractivity contribution < 1.29 is 13.6 Å². The summed E-state index contributed by atoms with van der Waals surface area (Å²) >= 11 is 0. The third kappa shape index (κ3) is 2.13. The molecule has 5 rings (SSSR count). The predicted molar refractivity (Wildman–Crippen MR) is 89.7 cm³/mol. The van der Waals surface area contributed by atoms with Gasteiger partial charge in [-0.2, -0.15) is 4.98 Å². The summed E-state index contributed by atoms with van der Waals surface area (Å²) in [6.07, 6.45) is 3.90. The van der Waals surface area contributed by atoms with E-state index in [2.05, 4.69) is 9.88 Å². The van der Waals surface area contributed by atoms with E-state index >= 15 is 0 Å². The first-order valence-electron chi connectivity index (χ1n) is 8.51. The molecule has 1 aliphatic carbocycles. The van der Waals surface area contributed by atoms with Crippen molar-refractivity contribution in [3.63, 3.8) is 0 Å². The number of oxazole rings is 1. The van der Waals surface area contributed by atoms with Gasteiger partial charge >= 0.3 is 5.63 Å². The lowest BCUT2D eigenvalue weighted by Crippen LogP contribution is -2.36. The van der Waals surface area contributed by atoms with Gasteiger partial charge in [-0.1, -0.05) is 0 Å². The van der Waals surface area contributed by atoms with Crippen molar-refractivity contribution in [1.82, 2.24) is 4.98 Å². The van der Waals surface area contributed by atoms with Gasteiger partial charge in [0.05, 0.1) is 13.2 Å². The Morgan fingerprint density at radius 2 is 1.75 bits per heavy atom. The first-order chi connectivity index (χ1) is 11.8. The van der Waals surface area contributed by atoms with Crippen LogP contribution in [0.4, 0.5) is 6.01 Å². The normalized spacial score (nSPS) is 18.2. The van der Waals surface area contributed by atoms with Crippen molar-refractivity contribution in [2.45, 2.75) is 25.7 Å². The second-order valence-electron chi connectivity index (χ2n) is 6.47. The molecule has 1 aliphatic heterocycles. The Kier molecular flexibility index (Phi) is 3.13. The van der Waals surface area contributed by atoms with Gasteiger partial charge in [0, 0.05) is 30.1 Å². The van der Waals surface area contributed by atoms with Crippen LogP contribution in [0, 0.1) is 0 Å². The Labute approximate surface area is 138 Å². The number of morpholine rings is 1. The lowest BCUT2D eigenvalue weighted by molar-refractivity contribution is 0.120. The molecular weight excluding hydrogens is 308 g/mol. The second kappa shape index (κ2) is 5.34. The highest BCUT2D eigenvalue weighted by molar-refractivity contribution is 5.93. The van der Waals surface area contributed by atoms with Gasteiger partial charge < -0.3 is 18.5 Å². The van der Waals surface area contributed by atoms with Crippen molar-refractivity contribution in [2.75, 3.05) is 31.2 Å². The van der Waals surface area contributed by atoms with Crippen LogP contribution in [-0.2, 0) is 17.6 Å². The molecule has 0 unspecified atom stereocenters. The van der Waals surface area contributed by atoms with E-state index in [-0.39, 0.29) is 5.63 Å². The van der Waals surface area contributed by atoms with E-state index in [1.54, 1.807) is 6.07 Å². The number of aromatic nitrogens is 1. The smallest absolute Gasteiger partial charge is 0.339 e. The molecule has 0 saturated carbocycles. The highest BCUT2D eigenvalue weighted by atomic mass is 16.5. The van der Waals surface area contributed by atoms with Gasteiger partial charge in [-0.05, 0) is 37.3 Å². The molecule has 0 amide bonds. The maximum atomic E-state index is 12.2. The van der Waals surface area contributed by atoms with E-state index in [0.717, 1.165) is 60.8 Å². The molecule has 124 valence electrons. The Morgan fingerprint density at radius 1 is 0.958 bits per heavy atom. The number of aryl methyl sites for hydroxylation is 1. The van der Waals surface area contributed by atoms with Gasteiger partial charge in [0.25, 0.3) is 6.01 Å². The lowest BCUT2D eigenvalue weighted by atomic mass is 9.90. The summed E-state index contributed by atoms with van der Waals surface area (Å²) in [6, 6.07) is 4.42. The molecule has 0 atom stereocenters. The number of anilines is 1. The van der Waals surface area contributed by atoms with Crippen LogP contribution in [0.25, 0.3) is 22.1 Å². The number of nitrogens with zero attached hydrogens (tertiary/aromatic N) is 2. The third-order valence-electron chi connectivity index (χ3n) is 5.00. The summed E-state index contributed by atoms with van der Waals surface area (Å²) in [5, 5.41) is 0.999. The van der Waals surface area contributed by atoms with E-state index in [4.69, 9.17) is 13.6 Å². The second-order valence-corrected chi connectivity index (χ2v) is 6.47. The average molecular weight is 326 g/mol. The molecule has 1 fully saturated rings. The molecular formula is C18H18N2O4. The SMILES string of the molecule is O=c1oc2cc3oc(N4CCOCC4)nc3cc2c2c1CCCC2. The number of rotatable bonds is 1. The highest BCUT2D eigenvalue weighted by Crippen LogP contribution is 2.31. The van der Waals surface area contributed by atoms with Crippen molar-refractivity contribution in [3.8, 4) is 0 Å². The Morgan fingerprint density at radius 3 is 2.58 bits per heavy atom. The summed E-state index contributed by atoms with van der Waals surface area (Å²) in [6.45, 7) is 2.92. The fourth-order valence-electron chi connectivity index (χ4n) is 3.74. The molecule has 1 saturated heterocycles. The standard InChI is InChI=1S/C18H18N2O4/c21-17-12-4-2-1-3-11(12)13-9-14-16(10-15(13)23-17)24-18(19-14)20-5-7-22-8-6-20/h9-10H,1-8H2. The Bertz CT molecular complexity index is 982. The molecule has 0 N–H and O–H groups in total. The number of benzene rings is 1.